The summed E-state index contributed by atoms with van der Waals surface area (Å²) in [6, 6.07) is 5.82. The first-order chi connectivity index (χ1) is 12.0. The van der Waals surface area contributed by atoms with E-state index < -0.39 is 0 Å². The quantitative estimate of drug-likeness (QED) is 0.765. The molecule has 1 aromatic carbocycles. The molecule has 1 fully saturated rings. The molecule has 0 aromatic heterocycles. The van der Waals surface area contributed by atoms with Crippen LogP contribution in [0.1, 0.15) is 25.3 Å². The molecule has 134 valence electrons. The number of rotatable bonds is 5. The Hall–Kier alpha value is -2.21. The Morgan fingerprint density at radius 3 is 2.24 bits per heavy atom. The summed E-state index contributed by atoms with van der Waals surface area (Å²) in [5.41, 5.74) is 1.49. The van der Waals surface area contributed by atoms with E-state index in [0.717, 1.165) is 25.9 Å². The highest BCUT2D eigenvalue weighted by atomic mass is 19.1. The van der Waals surface area contributed by atoms with Crippen molar-refractivity contribution in [3.63, 3.8) is 0 Å². The van der Waals surface area contributed by atoms with E-state index in [9.17, 15) is 14.0 Å². The first-order valence-corrected chi connectivity index (χ1v) is 8.82. The van der Waals surface area contributed by atoms with E-state index >= 15 is 0 Å². The minimum absolute atomic E-state index is 0.220. The zero-order valence-electron chi connectivity index (χ0n) is 14.8. The normalized spacial score (nSPS) is 19.3. The maximum Gasteiger partial charge on any atom is 0.277 e. The van der Waals surface area contributed by atoms with E-state index in [4.69, 9.17) is 0 Å². The SMILES string of the molecule is CCCCN1C(=O)C(c2ccc(F)cc2)=C(N2CCN(C)CC2)C1=O. The minimum atomic E-state index is -0.356. The second kappa shape index (κ2) is 7.35. The second-order valence-corrected chi connectivity index (χ2v) is 6.64. The monoisotopic (exact) mass is 345 g/mol. The van der Waals surface area contributed by atoms with E-state index in [1.807, 2.05) is 18.9 Å². The van der Waals surface area contributed by atoms with Crippen LogP contribution in [0.15, 0.2) is 30.0 Å². The van der Waals surface area contributed by atoms with Gasteiger partial charge in [0.2, 0.25) is 0 Å². The fourth-order valence-corrected chi connectivity index (χ4v) is 3.28. The van der Waals surface area contributed by atoms with Gasteiger partial charge in [0.25, 0.3) is 11.8 Å². The number of benzene rings is 1. The lowest BCUT2D eigenvalue weighted by Gasteiger charge is -2.34. The summed E-state index contributed by atoms with van der Waals surface area (Å²) < 4.78 is 13.3. The summed E-state index contributed by atoms with van der Waals surface area (Å²) in [5.74, 6) is -0.841. The molecule has 6 heteroatoms. The molecule has 0 aliphatic carbocycles. The van der Waals surface area contributed by atoms with Gasteiger partial charge in [0.05, 0.1) is 5.57 Å². The van der Waals surface area contributed by atoms with Crippen LogP contribution in [0.2, 0.25) is 0 Å². The molecular weight excluding hydrogens is 321 g/mol. The average Bonchev–Trinajstić information content (AvgIpc) is 2.85. The summed E-state index contributed by atoms with van der Waals surface area (Å²) in [4.78, 5) is 31.5. The zero-order chi connectivity index (χ0) is 18.0. The Kier molecular flexibility index (Phi) is 5.18. The molecule has 0 unspecified atom stereocenters. The van der Waals surface area contributed by atoms with Crippen molar-refractivity contribution < 1.29 is 14.0 Å². The molecule has 2 aliphatic heterocycles. The van der Waals surface area contributed by atoms with E-state index in [1.54, 1.807) is 12.1 Å². The van der Waals surface area contributed by atoms with E-state index in [2.05, 4.69) is 4.90 Å². The smallest absolute Gasteiger partial charge is 0.277 e. The molecule has 1 aromatic rings. The number of amides is 2. The van der Waals surface area contributed by atoms with Crippen LogP contribution in [-0.2, 0) is 9.59 Å². The van der Waals surface area contributed by atoms with Gasteiger partial charge in [0, 0.05) is 32.7 Å². The van der Waals surface area contributed by atoms with Crippen LogP contribution in [0.4, 0.5) is 4.39 Å². The number of imide groups is 1. The first kappa shape index (κ1) is 17.6. The fourth-order valence-electron chi connectivity index (χ4n) is 3.28. The van der Waals surface area contributed by atoms with Crippen LogP contribution in [0, 0.1) is 5.82 Å². The lowest BCUT2D eigenvalue weighted by Crippen LogP contribution is -2.46. The van der Waals surface area contributed by atoms with Crippen LogP contribution >= 0.6 is 0 Å². The van der Waals surface area contributed by atoms with Crippen molar-refractivity contribution in [3.8, 4) is 0 Å². The van der Waals surface area contributed by atoms with Gasteiger partial charge in [-0.25, -0.2) is 4.39 Å². The Labute approximate surface area is 147 Å². The molecule has 0 saturated carbocycles. The third-order valence-corrected chi connectivity index (χ3v) is 4.83. The van der Waals surface area contributed by atoms with Gasteiger partial charge in [-0.3, -0.25) is 14.5 Å². The number of hydrogen-bond acceptors (Lipinski definition) is 4. The van der Waals surface area contributed by atoms with Gasteiger partial charge in [-0.1, -0.05) is 25.5 Å². The number of unbranched alkanes of at least 4 members (excludes halogenated alkanes) is 1. The van der Waals surface area contributed by atoms with Crippen molar-refractivity contribution >= 4 is 17.4 Å². The predicted octanol–water partition coefficient (Wildman–Crippen LogP) is 1.95. The standard InChI is InChI=1S/C19H24FN3O2/c1-3-4-9-23-18(24)16(14-5-7-15(20)8-6-14)17(19(23)25)22-12-10-21(2)11-13-22/h5-8H,3-4,9-13H2,1-2H3. The van der Waals surface area contributed by atoms with Crippen LogP contribution in [0.25, 0.3) is 5.57 Å². The van der Waals surface area contributed by atoms with Crippen LogP contribution in [0.5, 0.6) is 0 Å². The van der Waals surface area contributed by atoms with E-state index in [1.165, 1.54) is 17.0 Å². The molecule has 0 bridgehead atoms. The van der Waals surface area contributed by atoms with Gasteiger partial charge in [-0.15, -0.1) is 0 Å². The summed E-state index contributed by atoms with van der Waals surface area (Å²) >= 11 is 0. The zero-order valence-corrected chi connectivity index (χ0v) is 14.8. The Morgan fingerprint density at radius 1 is 1.00 bits per heavy atom. The number of nitrogens with zero attached hydrogens (tertiary/aromatic N) is 3. The van der Waals surface area contributed by atoms with Crippen molar-refractivity contribution in [1.82, 2.24) is 14.7 Å². The Bertz CT molecular complexity index is 691. The number of carbonyl (C=O) groups is 2. The van der Waals surface area contributed by atoms with Gasteiger partial charge in [0.15, 0.2) is 0 Å². The summed E-state index contributed by atoms with van der Waals surface area (Å²) in [5, 5.41) is 0. The van der Waals surface area contributed by atoms with Gasteiger partial charge < -0.3 is 9.80 Å². The number of likely N-dealkylation sites (N-methyl/N-ethyl adjacent to an activating group) is 1. The number of halogens is 1. The number of hydrogen-bond donors (Lipinski definition) is 0. The lowest BCUT2D eigenvalue weighted by molar-refractivity contribution is -0.137. The van der Waals surface area contributed by atoms with E-state index in [0.29, 0.717) is 36.5 Å². The van der Waals surface area contributed by atoms with Crippen molar-refractivity contribution in [3.05, 3.63) is 41.3 Å². The summed E-state index contributed by atoms with van der Waals surface area (Å²) in [6.45, 7) is 5.55. The van der Waals surface area contributed by atoms with Gasteiger partial charge >= 0.3 is 0 Å². The molecule has 0 spiro atoms. The Balaban J connectivity index is 1.99. The summed E-state index contributed by atoms with van der Waals surface area (Å²) in [6.07, 6.45) is 1.69. The molecule has 2 heterocycles. The Morgan fingerprint density at radius 2 is 1.64 bits per heavy atom. The first-order valence-electron chi connectivity index (χ1n) is 8.82. The van der Waals surface area contributed by atoms with Gasteiger partial charge in [-0.05, 0) is 31.2 Å². The van der Waals surface area contributed by atoms with Crippen molar-refractivity contribution in [1.29, 1.82) is 0 Å². The predicted molar refractivity (Wildman–Crippen MR) is 94.0 cm³/mol. The topological polar surface area (TPSA) is 43.9 Å². The third kappa shape index (κ3) is 3.44. The molecule has 2 aliphatic rings. The fraction of sp³-hybridized carbons (Fsp3) is 0.474. The molecule has 5 nitrogen and oxygen atoms in total. The highest BCUT2D eigenvalue weighted by Crippen LogP contribution is 2.32. The van der Waals surface area contributed by atoms with Crippen molar-refractivity contribution in [2.45, 2.75) is 19.8 Å². The highest BCUT2D eigenvalue weighted by Gasteiger charge is 2.41. The largest absolute Gasteiger partial charge is 0.364 e. The number of piperazine rings is 1. The number of carbonyl (C=O) groups excluding carboxylic acids is 2. The van der Waals surface area contributed by atoms with Gasteiger partial charge in [-0.2, -0.15) is 0 Å². The third-order valence-electron chi connectivity index (χ3n) is 4.83. The molecule has 1 saturated heterocycles. The maximum absolute atomic E-state index is 13.3. The highest BCUT2D eigenvalue weighted by molar-refractivity contribution is 6.35. The van der Waals surface area contributed by atoms with Crippen molar-refractivity contribution in [2.75, 3.05) is 39.8 Å². The molecule has 0 N–H and O–H groups in total. The van der Waals surface area contributed by atoms with Crippen molar-refractivity contribution in [2.24, 2.45) is 0 Å². The van der Waals surface area contributed by atoms with Crippen LogP contribution in [-0.4, -0.2) is 66.3 Å². The lowest BCUT2D eigenvalue weighted by atomic mass is 10.0. The molecular formula is C19H24FN3O2. The second-order valence-electron chi connectivity index (χ2n) is 6.64. The van der Waals surface area contributed by atoms with Crippen LogP contribution in [0.3, 0.4) is 0 Å². The molecule has 0 radical (unpaired) electrons. The molecule has 2 amide bonds. The molecule has 0 atom stereocenters. The van der Waals surface area contributed by atoms with E-state index in [-0.39, 0.29) is 17.6 Å². The van der Waals surface area contributed by atoms with Crippen LogP contribution < -0.4 is 0 Å². The molecule has 3 rings (SSSR count). The van der Waals surface area contributed by atoms with Gasteiger partial charge in [0.1, 0.15) is 11.5 Å². The average molecular weight is 345 g/mol. The maximum atomic E-state index is 13.3. The summed E-state index contributed by atoms with van der Waals surface area (Å²) in [7, 11) is 2.04. The minimum Gasteiger partial charge on any atom is -0.364 e. The molecule has 25 heavy (non-hydrogen) atoms.